The Balaban J connectivity index is 1.82. The summed E-state index contributed by atoms with van der Waals surface area (Å²) in [4.78, 5) is 36.0. The number of esters is 1. The average molecular weight is 624 g/mol. The Labute approximate surface area is 245 Å². The van der Waals surface area contributed by atoms with Gasteiger partial charge in [0.15, 0.2) is 6.10 Å². The molecule has 0 aliphatic heterocycles. The Kier molecular flexibility index (Phi) is 10.0. The number of carbonyl (C=O) groups is 3. The lowest BCUT2D eigenvalue weighted by Gasteiger charge is -2.24. The molecule has 2 N–H and O–H groups in total. The van der Waals surface area contributed by atoms with Crippen LogP contribution in [-0.4, -0.2) is 38.9 Å². The van der Waals surface area contributed by atoms with Crippen molar-refractivity contribution in [3.8, 4) is 0 Å². The zero-order valence-electron chi connectivity index (χ0n) is 22.2. The average Bonchev–Trinajstić information content (AvgIpc) is 2.92. The molecule has 0 aliphatic rings. The number of anilines is 3. The van der Waals surface area contributed by atoms with E-state index in [-0.39, 0.29) is 22.2 Å². The molecular weight excluding hydrogens is 599 g/mol. The van der Waals surface area contributed by atoms with Gasteiger partial charge in [-0.3, -0.25) is 13.9 Å². The molecule has 0 heterocycles. The van der Waals surface area contributed by atoms with Crippen LogP contribution >= 0.6 is 11.6 Å². The van der Waals surface area contributed by atoms with Gasteiger partial charge in [0.1, 0.15) is 4.90 Å². The third-order valence-electron chi connectivity index (χ3n) is 5.62. The van der Waals surface area contributed by atoms with Gasteiger partial charge in [-0.2, -0.15) is 13.2 Å². The van der Waals surface area contributed by atoms with Crippen LogP contribution in [0.1, 0.15) is 29.8 Å². The summed E-state index contributed by atoms with van der Waals surface area (Å²) in [5, 5.41) is 4.82. The molecule has 0 bridgehead atoms. The van der Waals surface area contributed by atoms with Crippen LogP contribution in [0, 0.1) is 0 Å². The molecule has 3 rings (SSSR count). The number of halogens is 4. The molecule has 42 heavy (non-hydrogen) atoms. The van der Waals surface area contributed by atoms with Crippen molar-refractivity contribution in [3.63, 3.8) is 0 Å². The van der Waals surface area contributed by atoms with Gasteiger partial charge in [0.05, 0.1) is 28.4 Å². The van der Waals surface area contributed by atoms with E-state index in [1.54, 1.807) is 12.1 Å². The predicted molar refractivity (Wildman–Crippen MR) is 152 cm³/mol. The second-order valence-corrected chi connectivity index (χ2v) is 11.1. The number of alkyl halides is 3. The van der Waals surface area contributed by atoms with Crippen LogP contribution < -0.4 is 14.9 Å². The van der Waals surface area contributed by atoms with E-state index in [2.05, 4.69) is 17.2 Å². The van der Waals surface area contributed by atoms with E-state index in [1.807, 2.05) is 0 Å². The van der Waals surface area contributed by atoms with Gasteiger partial charge < -0.3 is 15.4 Å². The van der Waals surface area contributed by atoms with Gasteiger partial charge in [-0.1, -0.05) is 23.7 Å². The standard InChI is InChI=1S/C28H25ClF3N3O6S/c1-4-14-35(23-7-5-6-20(16-23)28(30,31)32)42(39,40)25-15-19(8-13-24(25)29)27(38)41-17(2)26(37)34-22-11-9-21(10-12-22)33-18(3)36/h4-13,15-17H,1,14H2,2-3H3,(H,33,36)(H,34,37)/t17-/m1/s1. The number of amides is 2. The molecule has 14 heteroatoms. The van der Waals surface area contributed by atoms with E-state index >= 15 is 0 Å². The van der Waals surface area contributed by atoms with Crippen molar-refractivity contribution in [1.82, 2.24) is 0 Å². The molecular formula is C28H25ClF3N3O6S. The number of rotatable bonds is 10. The molecule has 0 radical (unpaired) electrons. The molecule has 0 saturated heterocycles. The molecule has 3 aromatic rings. The Morgan fingerprint density at radius 2 is 1.64 bits per heavy atom. The van der Waals surface area contributed by atoms with Crippen LogP contribution in [0.3, 0.4) is 0 Å². The van der Waals surface area contributed by atoms with Crippen LogP contribution in [0.4, 0.5) is 30.2 Å². The van der Waals surface area contributed by atoms with Gasteiger partial charge >= 0.3 is 12.1 Å². The summed E-state index contributed by atoms with van der Waals surface area (Å²) < 4.78 is 72.8. The Morgan fingerprint density at radius 3 is 2.21 bits per heavy atom. The van der Waals surface area contributed by atoms with Crippen LogP contribution in [0.25, 0.3) is 0 Å². The van der Waals surface area contributed by atoms with Crippen LogP contribution in [0.2, 0.25) is 5.02 Å². The lowest BCUT2D eigenvalue weighted by Crippen LogP contribution is -2.32. The first kappa shape index (κ1) is 32.2. The number of nitrogens with zero attached hydrogens (tertiary/aromatic N) is 1. The van der Waals surface area contributed by atoms with E-state index in [1.165, 1.54) is 44.2 Å². The fourth-order valence-electron chi connectivity index (χ4n) is 3.61. The highest BCUT2D eigenvalue weighted by Gasteiger charge is 2.33. The number of benzene rings is 3. The minimum absolute atomic E-state index is 0.269. The summed E-state index contributed by atoms with van der Waals surface area (Å²) in [5.41, 5.74) is -0.783. The monoisotopic (exact) mass is 623 g/mol. The number of ether oxygens (including phenoxy) is 1. The minimum atomic E-state index is -4.72. The van der Waals surface area contributed by atoms with Crippen molar-refractivity contribution in [1.29, 1.82) is 0 Å². The molecule has 2 amide bonds. The zero-order chi connectivity index (χ0) is 31.2. The Bertz CT molecular complexity index is 1610. The molecule has 3 aromatic carbocycles. The van der Waals surface area contributed by atoms with Crippen molar-refractivity contribution in [2.24, 2.45) is 0 Å². The van der Waals surface area contributed by atoms with Crippen LogP contribution in [-0.2, 0) is 30.5 Å². The van der Waals surface area contributed by atoms with E-state index in [0.717, 1.165) is 24.3 Å². The lowest BCUT2D eigenvalue weighted by molar-refractivity contribution is -0.137. The number of sulfonamides is 1. The smallest absolute Gasteiger partial charge is 0.416 e. The molecule has 1 atom stereocenters. The topological polar surface area (TPSA) is 122 Å². The molecule has 0 aromatic heterocycles. The second kappa shape index (κ2) is 13.1. The van der Waals surface area contributed by atoms with Gasteiger partial charge in [-0.05, 0) is 67.6 Å². The summed E-state index contributed by atoms with van der Waals surface area (Å²) in [6.45, 7) is 5.72. The number of hydrogen-bond donors (Lipinski definition) is 2. The first-order valence-corrected chi connectivity index (χ1v) is 13.9. The first-order valence-electron chi connectivity index (χ1n) is 12.1. The molecule has 9 nitrogen and oxygen atoms in total. The quantitative estimate of drug-likeness (QED) is 0.215. The summed E-state index contributed by atoms with van der Waals surface area (Å²) in [6.07, 6.45) is -4.86. The minimum Gasteiger partial charge on any atom is -0.449 e. The summed E-state index contributed by atoms with van der Waals surface area (Å²) in [6, 6.07) is 13.1. The maximum absolute atomic E-state index is 13.6. The Hall–Kier alpha value is -4.36. The highest BCUT2D eigenvalue weighted by molar-refractivity contribution is 7.93. The van der Waals surface area contributed by atoms with Gasteiger partial charge in [-0.25, -0.2) is 13.2 Å². The van der Waals surface area contributed by atoms with Crippen molar-refractivity contribution < 1.29 is 40.7 Å². The fraction of sp³-hybridized carbons (Fsp3) is 0.179. The van der Waals surface area contributed by atoms with Crippen molar-refractivity contribution in [3.05, 3.63) is 95.5 Å². The number of hydrogen-bond acceptors (Lipinski definition) is 6. The molecule has 222 valence electrons. The maximum atomic E-state index is 13.6. The van der Waals surface area contributed by atoms with Gasteiger partial charge in [0, 0.05) is 18.3 Å². The summed E-state index contributed by atoms with van der Waals surface area (Å²) in [7, 11) is -4.61. The van der Waals surface area contributed by atoms with Gasteiger partial charge in [0.25, 0.3) is 15.9 Å². The Morgan fingerprint density at radius 1 is 1.02 bits per heavy atom. The SMILES string of the molecule is C=CCN(c1cccc(C(F)(F)F)c1)S(=O)(=O)c1cc(C(=O)O[C@H](C)C(=O)Nc2ccc(NC(C)=O)cc2)ccc1Cl. The van der Waals surface area contributed by atoms with Crippen molar-refractivity contribution in [2.75, 3.05) is 21.5 Å². The molecule has 0 spiro atoms. The third kappa shape index (κ3) is 7.89. The highest BCUT2D eigenvalue weighted by atomic mass is 35.5. The molecule has 0 fully saturated rings. The van der Waals surface area contributed by atoms with Crippen molar-refractivity contribution >= 4 is 56.5 Å². The molecule has 0 saturated carbocycles. The van der Waals surface area contributed by atoms with Gasteiger partial charge in [0.2, 0.25) is 5.91 Å². The lowest BCUT2D eigenvalue weighted by atomic mass is 10.2. The van der Waals surface area contributed by atoms with Crippen molar-refractivity contribution in [2.45, 2.75) is 31.0 Å². The predicted octanol–water partition coefficient (Wildman–Crippen LogP) is 5.88. The van der Waals surface area contributed by atoms with E-state index < -0.39 is 51.2 Å². The zero-order valence-corrected chi connectivity index (χ0v) is 23.8. The first-order chi connectivity index (χ1) is 19.6. The van der Waals surface area contributed by atoms with Gasteiger partial charge in [-0.15, -0.1) is 6.58 Å². The third-order valence-corrected chi connectivity index (χ3v) is 7.89. The van der Waals surface area contributed by atoms with E-state index in [0.29, 0.717) is 21.7 Å². The largest absolute Gasteiger partial charge is 0.449 e. The maximum Gasteiger partial charge on any atom is 0.416 e. The number of carbonyl (C=O) groups excluding carboxylic acids is 3. The highest BCUT2D eigenvalue weighted by Crippen LogP contribution is 2.34. The second-order valence-electron chi connectivity index (χ2n) is 8.81. The summed E-state index contributed by atoms with van der Waals surface area (Å²) >= 11 is 6.16. The van der Waals surface area contributed by atoms with E-state index in [9.17, 15) is 36.0 Å². The molecule has 0 aliphatic carbocycles. The summed E-state index contributed by atoms with van der Waals surface area (Å²) in [5.74, 6) is -2.02. The normalized spacial score (nSPS) is 12.1. The number of nitrogens with one attached hydrogen (secondary N) is 2. The van der Waals surface area contributed by atoms with E-state index in [4.69, 9.17) is 16.3 Å². The fourth-order valence-corrected chi connectivity index (χ4v) is 5.54. The molecule has 0 unspecified atom stereocenters. The van der Waals surface area contributed by atoms with Crippen LogP contribution in [0.5, 0.6) is 0 Å². The van der Waals surface area contributed by atoms with Crippen LogP contribution in [0.15, 0.2) is 84.3 Å².